The van der Waals surface area contributed by atoms with Gasteiger partial charge in [-0.15, -0.1) is 0 Å². The number of anilines is 1. The van der Waals surface area contributed by atoms with Gasteiger partial charge in [-0.2, -0.15) is 5.10 Å². The first-order chi connectivity index (χ1) is 13.2. The third-order valence-electron chi connectivity index (χ3n) is 4.55. The van der Waals surface area contributed by atoms with Crippen LogP contribution in [0.15, 0.2) is 90.0 Å². The molecule has 5 nitrogen and oxygen atoms in total. The summed E-state index contributed by atoms with van der Waals surface area (Å²) in [5, 5.41) is 19.2. The minimum absolute atomic E-state index is 0.157. The zero-order chi connectivity index (χ0) is 18.6. The largest absolute Gasteiger partial charge is 0.508 e. The number of hydrogen-bond donors (Lipinski definition) is 2. The Balaban J connectivity index is 1.68. The molecule has 0 aromatic heterocycles. The van der Waals surface area contributed by atoms with Crippen LogP contribution in [0.3, 0.4) is 0 Å². The van der Waals surface area contributed by atoms with Crippen molar-refractivity contribution in [1.29, 1.82) is 0 Å². The minimum atomic E-state index is -0.370. The topological polar surface area (TPSA) is 64.9 Å². The Kier molecular flexibility index (Phi) is 4.58. The highest BCUT2D eigenvalue weighted by molar-refractivity contribution is 6.04. The van der Waals surface area contributed by atoms with E-state index >= 15 is 0 Å². The first-order valence-corrected chi connectivity index (χ1v) is 8.78. The summed E-state index contributed by atoms with van der Waals surface area (Å²) in [6.45, 7) is 0. The molecule has 0 bridgehead atoms. The van der Waals surface area contributed by atoms with E-state index in [0.717, 1.165) is 11.3 Å². The van der Waals surface area contributed by atoms with Crippen molar-refractivity contribution >= 4 is 17.4 Å². The van der Waals surface area contributed by atoms with Gasteiger partial charge in [0.2, 0.25) is 0 Å². The third kappa shape index (κ3) is 3.53. The van der Waals surface area contributed by atoms with Gasteiger partial charge in [0.25, 0.3) is 0 Å². The van der Waals surface area contributed by atoms with Crippen molar-refractivity contribution in [2.45, 2.75) is 12.5 Å². The van der Waals surface area contributed by atoms with E-state index in [9.17, 15) is 9.90 Å². The molecule has 1 aliphatic rings. The quantitative estimate of drug-likeness (QED) is 0.709. The number of urea groups is 1. The molecule has 2 amide bonds. The Hall–Kier alpha value is -3.60. The van der Waals surface area contributed by atoms with Crippen LogP contribution < -0.4 is 5.32 Å². The lowest BCUT2D eigenvalue weighted by atomic mass is 9.98. The lowest BCUT2D eigenvalue weighted by molar-refractivity contribution is 0.199. The van der Waals surface area contributed by atoms with E-state index in [1.807, 2.05) is 72.8 Å². The van der Waals surface area contributed by atoms with E-state index in [1.54, 1.807) is 12.1 Å². The number of nitrogens with zero attached hydrogens (tertiary/aromatic N) is 2. The molecular formula is C22H19N3O2. The smallest absolute Gasteiger partial charge is 0.342 e. The zero-order valence-electron chi connectivity index (χ0n) is 14.6. The number of rotatable bonds is 3. The summed E-state index contributed by atoms with van der Waals surface area (Å²) in [5.74, 6) is 0.157. The second kappa shape index (κ2) is 7.33. The first kappa shape index (κ1) is 16.8. The highest BCUT2D eigenvalue weighted by atomic mass is 16.3. The minimum Gasteiger partial charge on any atom is -0.508 e. The maximum Gasteiger partial charge on any atom is 0.342 e. The number of amides is 2. The molecule has 0 saturated carbocycles. The number of hydrazone groups is 1. The fraction of sp³-hybridized carbons (Fsp3) is 0.0909. The normalized spacial score (nSPS) is 16.1. The summed E-state index contributed by atoms with van der Waals surface area (Å²) < 4.78 is 0. The third-order valence-corrected chi connectivity index (χ3v) is 4.55. The summed E-state index contributed by atoms with van der Waals surface area (Å²) in [5.41, 5.74) is 3.15. The molecule has 0 spiro atoms. The molecule has 0 radical (unpaired) electrons. The van der Waals surface area contributed by atoms with Crippen molar-refractivity contribution in [3.63, 3.8) is 0 Å². The van der Waals surface area contributed by atoms with Gasteiger partial charge in [-0.05, 0) is 23.8 Å². The van der Waals surface area contributed by atoms with E-state index in [2.05, 4.69) is 10.4 Å². The van der Waals surface area contributed by atoms with Crippen LogP contribution >= 0.6 is 0 Å². The average Bonchev–Trinajstić information content (AvgIpc) is 3.15. The van der Waals surface area contributed by atoms with E-state index < -0.39 is 0 Å². The molecule has 0 fully saturated rings. The van der Waals surface area contributed by atoms with Crippen LogP contribution in [0.1, 0.15) is 23.6 Å². The maximum absolute atomic E-state index is 12.9. The monoisotopic (exact) mass is 357 g/mol. The maximum atomic E-state index is 12.9. The summed E-state index contributed by atoms with van der Waals surface area (Å²) in [6, 6.07) is 25.4. The van der Waals surface area contributed by atoms with Crippen molar-refractivity contribution in [1.82, 2.24) is 5.01 Å². The van der Waals surface area contributed by atoms with Crippen LogP contribution in [-0.4, -0.2) is 21.9 Å². The van der Waals surface area contributed by atoms with Gasteiger partial charge >= 0.3 is 6.03 Å². The second-order valence-electron chi connectivity index (χ2n) is 6.33. The Morgan fingerprint density at radius 2 is 1.56 bits per heavy atom. The Bertz CT molecular complexity index is 971. The fourth-order valence-electron chi connectivity index (χ4n) is 3.22. The summed E-state index contributed by atoms with van der Waals surface area (Å²) in [7, 11) is 0. The van der Waals surface area contributed by atoms with Crippen molar-refractivity contribution in [2.24, 2.45) is 5.10 Å². The molecule has 0 aliphatic carbocycles. The molecule has 1 aliphatic heterocycles. The highest BCUT2D eigenvalue weighted by Gasteiger charge is 2.34. The van der Waals surface area contributed by atoms with Crippen LogP contribution in [0.2, 0.25) is 0 Å². The molecule has 0 saturated heterocycles. The van der Waals surface area contributed by atoms with Gasteiger partial charge in [-0.3, -0.25) is 0 Å². The molecule has 27 heavy (non-hydrogen) atoms. The van der Waals surface area contributed by atoms with E-state index in [1.165, 1.54) is 5.01 Å². The second-order valence-corrected chi connectivity index (χ2v) is 6.33. The molecule has 3 aromatic rings. The molecule has 3 aromatic carbocycles. The van der Waals surface area contributed by atoms with Crippen molar-refractivity contribution in [3.8, 4) is 5.75 Å². The van der Waals surface area contributed by atoms with E-state index in [4.69, 9.17) is 0 Å². The average molecular weight is 357 g/mol. The first-order valence-electron chi connectivity index (χ1n) is 8.78. The lowest BCUT2D eigenvalue weighted by Gasteiger charge is -2.23. The molecule has 1 heterocycles. The number of phenolic OH excluding ortho intramolecular Hbond substituents is 1. The van der Waals surface area contributed by atoms with Gasteiger partial charge in [-0.1, -0.05) is 66.7 Å². The van der Waals surface area contributed by atoms with Gasteiger partial charge in [-0.25, -0.2) is 9.80 Å². The Labute approximate surface area is 157 Å². The number of hydrogen-bond acceptors (Lipinski definition) is 3. The molecule has 2 N–H and O–H groups in total. The number of nitrogens with one attached hydrogen (secondary N) is 1. The van der Waals surface area contributed by atoms with Crippen LogP contribution in [0.4, 0.5) is 10.5 Å². The summed E-state index contributed by atoms with van der Waals surface area (Å²) in [4.78, 5) is 12.9. The van der Waals surface area contributed by atoms with Crippen LogP contribution in [0, 0.1) is 0 Å². The number of benzene rings is 3. The Morgan fingerprint density at radius 1 is 0.926 bits per heavy atom. The standard InChI is InChI=1S/C22H19N3O2/c26-21-14-8-7-13-18(21)20-15-19(16-9-3-1-4-10-16)24-25(20)22(27)23-17-11-5-2-6-12-17/h1-14,20,26H,15H2,(H,23,27). The van der Waals surface area contributed by atoms with Crippen molar-refractivity contribution < 1.29 is 9.90 Å². The molecule has 1 atom stereocenters. The number of para-hydroxylation sites is 2. The van der Waals surface area contributed by atoms with Crippen LogP contribution in [0.5, 0.6) is 5.75 Å². The SMILES string of the molecule is O=C(Nc1ccccc1)N1N=C(c2ccccc2)CC1c1ccccc1O. The van der Waals surface area contributed by atoms with Gasteiger partial charge in [0.15, 0.2) is 0 Å². The molecule has 4 rings (SSSR count). The predicted molar refractivity (Wildman–Crippen MR) is 106 cm³/mol. The van der Waals surface area contributed by atoms with Crippen LogP contribution in [0.25, 0.3) is 0 Å². The summed E-state index contributed by atoms with van der Waals surface area (Å²) in [6.07, 6.45) is 0.532. The Morgan fingerprint density at radius 3 is 2.26 bits per heavy atom. The lowest BCUT2D eigenvalue weighted by Crippen LogP contribution is -2.31. The fourth-order valence-corrected chi connectivity index (χ4v) is 3.22. The van der Waals surface area contributed by atoms with Crippen molar-refractivity contribution in [2.75, 3.05) is 5.32 Å². The highest BCUT2D eigenvalue weighted by Crippen LogP contribution is 2.37. The van der Waals surface area contributed by atoms with Gasteiger partial charge < -0.3 is 10.4 Å². The molecular weight excluding hydrogens is 338 g/mol. The van der Waals surface area contributed by atoms with E-state index in [0.29, 0.717) is 17.7 Å². The number of carbonyl (C=O) groups excluding carboxylic acids is 1. The molecule has 134 valence electrons. The molecule has 1 unspecified atom stereocenters. The number of aromatic hydroxyl groups is 1. The van der Waals surface area contributed by atoms with Gasteiger partial charge in [0.05, 0.1) is 11.8 Å². The van der Waals surface area contributed by atoms with Gasteiger partial charge in [0.1, 0.15) is 5.75 Å². The summed E-state index contributed by atoms with van der Waals surface area (Å²) >= 11 is 0. The van der Waals surface area contributed by atoms with Crippen molar-refractivity contribution in [3.05, 3.63) is 96.1 Å². The number of phenols is 1. The predicted octanol–water partition coefficient (Wildman–Crippen LogP) is 4.78. The van der Waals surface area contributed by atoms with Gasteiger partial charge in [0, 0.05) is 17.7 Å². The number of carbonyl (C=O) groups is 1. The van der Waals surface area contributed by atoms with E-state index in [-0.39, 0.29) is 17.8 Å². The van der Waals surface area contributed by atoms with Crippen LogP contribution in [-0.2, 0) is 0 Å². The zero-order valence-corrected chi connectivity index (χ0v) is 14.6. The molecule has 5 heteroatoms.